The Morgan fingerprint density at radius 1 is 1.11 bits per heavy atom. The Balaban J connectivity index is 1.89. The maximum absolute atomic E-state index is 3.55. The van der Waals surface area contributed by atoms with Gasteiger partial charge in [0, 0.05) is 6.04 Å². The van der Waals surface area contributed by atoms with Gasteiger partial charge in [0.25, 0.3) is 0 Å². The van der Waals surface area contributed by atoms with Crippen LogP contribution in [-0.2, 0) is 0 Å². The van der Waals surface area contributed by atoms with Crippen LogP contribution in [0.2, 0.25) is 0 Å². The van der Waals surface area contributed by atoms with Crippen LogP contribution in [0.5, 0.6) is 0 Å². The lowest BCUT2D eigenvalue weighted by molar-refractivity contribution is 0.218. The minimum absolute atomic E-state index is 0.549. The van der Waals surface area contributed by atoms with E-state index >= 15 is 0 Å². The van der Waals surface area contributed by atoms with E-state index in [0.29, 0.717) is 6.04 Å². The molecule has 1 nitrogen and oxygen atoms in total. The largest absolute Gasteiger partial charge is 0.313 e. The van der Waals surface area contributed by atoms with Crippen molar-refractivity contribution in [2.24, 2.45) is 11.8 Å². The summed E-state index contributed by atoms with van der Waals surface area (Å²) in [7, 11) is 2.11. The normalized spacial score (nSPS) is 25.2. The predicted molar refractivity (Wildman–Crippen MR) is 83.2 cm³/mol. The fourth-order valence-corrected chi connectivity index (χ4v) is 3.64. The topological polar surface area (TPSA) is 12.0 Å². The Morgan fingerprint density at radius 3 is 2.37 bits per heavy atom. The van der Waals surface area contributed by atoms with Gasteiger partial charge in [0.1, 0.15) is 0 Å². The van der Waals surface area contributed by atoms with Gasteiger partial charge in [-0.05, 0) is 37.3 Å². The summed E-state index contributed by atoms with van der Waals surface area (Å²) in [5, 5.41) is 3.55. The van der Waals surface area contributed by atoms with Crippen molar-refractivity contribution in [1.29, 1.82) is 0 Å². The van der Waals surface area contributed by atoms with Gasteiger partial charge in [0.15, 0.2) is 0 Å². The molecule has 0 amide bonds. The van der Waals surface area contributed by atoms with Crippen molar-refractivity contribution in [2.45, 2.75) is 57.9 Å². The molecular formula is C18H29N. The monoisotopic (exact) mass is 259 g/mol. The molecule has 0 radical (unpaired) electrons. The maximum Gasteiger partial charge on any atom is 0.0346 e. The van der Waals surface area contributed by atoms with E-state index in [4.69, 9.17) is 0 Å². The van der Waals surface area contributed by atoms with Gasteiger partial charge in [-0.1, -0.05) is 69.4 Å². The lowest BCUT2D eigenvalue weighted by Gasteiger charge is -2.34. The van der Waals surface area contributed by atoms with E-state index < -0.39 is 0 Å². The van der Waals surface area contributed by atoms with E-state index in [1.807, 2.05) is 0 Å². The SMILES string of the molecule is CCCCC1CCC(C(NC)c2ccccc2)CC1. The zero-order valence-electron chi connectivity index (χ0n) is 12.6. The van der Waals surface area contributed by atoms with Crippen LogP contribution in [0.4, 0.5) is 0 Å². The molecule has 1 aliphatic carbocycles. The number of hydrogen-bond acceptors (Lipinski definition) is 1. The molecule has 1 atom stereocenters. The van der Waals surface area contributed by atoms with Gasteiger partial charge in [-0.3, -0.25) is 0 Å². The first-order chi connectivity index (χ1) is 9.35. The molecule has 19 heavy (non-hydrogen) atoms. The van der Waals surface area contributed by atoms with Crippen LogP contribution < -0.4 is 5.32 Å². The molecule has 0 aromatic heterocycles. The average Bonchev–Trinajstić information content (AvgIpc) is 2.48. The van der Waals surface area contributed by atoms with Crippen LogP contribution in [0.1, 0.15) is 63.5 Å². The van der Waals surface area contributed by atoms with Gasteiger partial charge < -0.3 is 5.32 Å². The number of benzene rings is 1. The van der Waals surface area contributed by atoms with Crippen molar-refractivity contribution in [1.82, 2.24) is 5.32 Å². The number of hydrogen-bond donors (Lipinski definition) is 1. The van der Waals surface area contributed by atoms with Gasteiger partial charge in [-0.2, -0.15) is 0 Å². The van der Waals surface area contributed by atoms with E-state index in [-0.39, 0.29) is 0 Å². The van der Waals surface area contributed by atoms with Gasteiger partial charge in [-0.25, -0.2) is 0 Å². The van der Waals surface area contributed by atoms with E-state index in [9.17, 15) is 0 Å². The summed E-state index contributed by atoms with van der Waals surface area (Å²) >= 11 is 0. The average molecular weight is 259 g/mol. The molecule has 0 aliphatic heterocycles. The third-order valence-electron chi connectivity index (χ3n) is 4.80. The quantitative estimate of drug-likeness (QED) is 0.762. The molecule has 0 saturated heterocycles. The fourth-order valence-electron chi connectivity index (χ4n) is 3.64. The minimum atomic E-state index is 0.549. The zero-order chi connectivity index (χ0) is 13.5. The molecule has 106 valence electrons. The first kappa shape index (κ1) is 14.6. The Kier molecular flexibility index (Phi) is 5.91. The summed E-state index contributed by atoms with van der Waals surface area (Å²) in [6.07, 6.45) is 9.90. The molecule has 1 unspecified atom stereocenters. The lowest BCUT2D eigenvalue weighted by Crippen LogP contribution is -2.28. The standard InChI is InChI=1S/C18H29N/c1-3-4-8-15-11-13-17(14-12-15)18(19-2)16-9-6-5-7-10-16/h5-7,9-10,15,17-19H,3-4,8,11-14H2,1-2H3. The summed E-state index contributed by atoms with van der Waals surface area (Å²) in [6, 6.07) is 11.5. The molecule has 0 spiro atoms. The first-order valence-electron chi connectivity index (χ1n) is 8.07. The van der Waals surface area contributed by atoms with E-state index in [1.165, 1.54) is 50.5 Å². The maximum atomic E-state index is 3.55. The van der Waals surface area contributed by atoms with Crippen molar-refractivity contribution in [3.05, 3.63) is 35.9 Å². The molecule has 1 aromatic rings. The van der Waals surface area contributed by atoms with E-state index in [2.05, 4.69) is 49.6 Å². The first-order valence-corrected chi connectivity index (χ1v) is 8.07. The Hall–Kier alpha value is -0.820. The number of unbranched alkanes of at least 4 members (excludes halogenated alkanes) is 1. The summed E-state index contributed by atoms with van der Waals surface area (Å²) in [5.41, 5.74) is 1.46. The zero-order valence-corrected chi connectivity index (χ0v) is 12.6. The van der Waals surface area contributed by atoms with Crippen molar-refractivity contribution in [3.8, 4) is 0 Å². The molecule has 0 heterocycles. The Morgan fingerprint density at radius 2 is 1.79 bits per heavy atom. The Labute approximate surface area is 118 Å². The second kappa shape index (κ2) is 7.69. The molecule has 1 aliphatic rings. The van der Waals surface area contributed by atoms with Crippen LogP contribution >= 0.6 is 0 Å². The molecule has 2 rings (SSSR count). The summed E-state index contributed by atoms with van der Waals surface area (Å²) in [6.45, 7) is 2.30. The lowest BCUT2D eigenvalue weighted by atomic mass is 9.75. The fraction of sp³-hybridized carbons (Fsp3) is 0.667. The molecule has 1 N–H and O–H groups in total. The molecule has 1 fully saturated rings. The molecule has 1 heteroatoms. The van der Waals surface area contributed by atoms with Gasteiger partial charge in [0.2, 0.25) is 0 Å². The summed E-state index contributed by atoms with van der Waals surface area (Å²) in [5.74, 6) is 1.83. The van der Waals surface area contributed by atoms with Crippen molar-refractivity contribution < 1.29 is 0 Å². The molecule has 1 aromatic carbocycles. The van der Waals surface area contributed by atoms with Crippen LogP contribution in [0.25, 0.3) is 0 Å². The van der Waals surface area contributed by atoms with Crippen LogP contribution in [0.3, 0.4) is 0 Å². The van der Waals surface area contributed by atoms with E-state index in [0.717, 1.165) is 11.8 Å². The van der Waals surface area contributed by atoms with Crippen molar-refractivity contribution in [3.63, 3.8) is 0 Å². The highest BCUT2D eigenvalue weighted by Gasteiger charge is 2.27. The minimum Gasteiger partial charge on any atom is -0.313 e. The van der Waals surface area contributed by atoms with E-state index in [1.54, 1.807) is 0 Å². The number of nitrogens with one attached hydrogen (secondary N) is 1. The van der Waals surface area contributed by atoms with Gasteiger partial charge in [0.05, 0.1) is 0 Å². The summed E-state index contributed by atoms with van der Waals surface area (Å²) in [4.78, 5) is 0. The van der Waals surface area contributed by atoms with Crippen molar-refractivity contribution >= 4 is 0 Å². The Bertz CT molecular complexity index is 338. The van der Waals surface area contributed by atoms with Crippen molar-refractivity contribution in [2.75, 3.05) is 7.05 Å². The van der Waals surface area contributed by atoms with Crippen LogP contribution in [-0.4, -0.2) is 7.05 Å². The molecule has 1 saturated carbocycles. The molecular weight excluding hydrogens is 230 g/mol. The predicted octanol–water partition coefficient (Wildman–Crippen LogP) is 4.94. The number of rotatable bonds is 6. The van der Waals surface area contributed by atoms with Crippen LogP contribution in [0.15, 0.2) is 30.3 Å². The van der Waals surface area contributed by atoms with Crippen LogP contribution in [0, 0.1) is 11.8 Å². The van der Waals surface area contributed by atoms with Gasteiger partial charge >= 0.3 is 0 Å². The highest BCUT2D eigenvalue weighted by Crippen LogP contribution is 2.38. The highest BCUT2D eigenvalue weighted by molar-refractivity contribution is 5.19. The molecule has 0 bridgehead atoms. The third-order valence-corrected chi connectivity index (χ3v) is 4.80. The smallest absolute Gasteiger partial charge is 0.0346 e. The second-order valence-corrected chi connectivity index (χ2v) is 6.10. The summed E-state index contributed by atoms with van der Waals surface area (Å²) < 4.78 is 0. The second-order valence-electron chi connectivity index (χ2n) is 6.10. The highest BCUT2D eigenvalue weighted by atomic mass is 14.9. The van der Waals surface area contributed by atoms with Gasteiger partial charge in [-0.15, -0.1) is 0 Å². The third kappa shape index (κ3) is 4.07.